The van der Waals surface area contributed by atoms with Gasteiger partial charge in [-0.05, 0) is 12.3 Å². The van der Waals surface area contributed by atoms with Gasteiger partial charge in [0, 0.05) is 0 Å². The summed E-state index contributed by atoms with van der Waals surface area (Å²) in [6.07, 6.45) is 4.94. The quantitative estimate of drug-likeness (QED) is 0.464. The number of hydrogen-bond donors (Lipinski definition) is 0. The number of aliphatic imine (C=N–C) groups is 2. The van der Waals surface area contributed by atoms with Crippen LogP contribution in [0.3, 0.4) is 0 Å². The molecule has 0 rings (SSSR count). The highest BCUT2D eigenvalue weighted by Gasteiger charge is 2.09. The second-order valence-corrected chi connectivity index (χ2v) is 3.05. The number of isocyanates is 2. The van der Waals surface area contributed by atoms with Crippen LogP contribution in [-0.4, -0.2) is 18.3 Å². The van der Waals surface area contributed by atoms with Crippen molar-refractivity contribution in [3.8, 4) is 0 Å². The van der Waals surface area contributed by atoms with Gasteiger partial charge in [-0.1, -0.05) is 26.7 Å². The molecule has 0 radical (unpaired) electrons. The van der Waals surface area contributed by atoms with Gasteiger partial charge in [-0.15, -0.1) is 0 Å². The Morgan fingerprint density at radius 2 is 1.77 bits per heavy atom. The van der Waals surface area contributed by atoms with Gasteiger partial charge in [0.05, 0.1) is 0 Å². The van der Waals surface area contributed by atoms with Crippen molar-refractivity contribution in [1.82, 2.24) is 0 Å². The van der Waals surface area contributed by atoms with Gasteiger partial charge >= 0.3 is 0 Å². The van der Waals surface area contributed by atoms with Crippen molar-refractivity contribution in [2.24, 2.45) is 15.9 Å². The van der Waals surface area contributed by atoms with Crippen LogP contribution in [0.4, 0.5) is 0 Å². The predicted molar refractivity (Wildman–Crippen MR) is 48.7 cm³/mol. The zero-order valence-electron chi connectivity index (χ0n) is 7.99. The van der Waals surface area contributed by atoms with E-state index in [-0.39, 0.29) is 0 Å². The molecule has 0 aliphatic carbocycles. The van der Waals surface area contributed by atoms with Crippen LogP contribution < -0.4 is 0 Å². The molecule has 0 aliphatic rings. The highest BCUT2D eigenvalue weighted by atomic mass is 16.1. The van der Waals surface area contributed by atoms with Crippen LogP contribution in [0.5, 0.6) is 0 Å². The molecule has 0 aromatic heterocycles. The van der Waals surface area contributed by atoms with E-state index < -0.39 is 6.17 Å². The van der Waals surface area contributed by atoms with Gasteiger partial charge in [-0.25, -0.2) is 9.59 Å². The van der Waals surface area contributed by atoms with E-state index in [0.717, 1.165) is 12.8 Å². The third-order valence-electron chi connectivity index (χ3n) is 1.80. The van der Waals surface area contributed by atoms with E-state index in [4.69, 9.17) is 0 Å². The maximum absolute atomic E-state index is 9.95. The predicted octanol–water partition coefficient (Wildman–Crippen LogP) is 1.81. The van der Waals surface area contributed by atoms with E-state index >= 15 is 0 Å². The molecule has 13 heavy (non-hydrogen) atoms. The Bertz CT molecular complexity index is 210. The zero-order valence-corrected chi connectivity index (χ0v) is 7.99. The van der Waals surface area contributed by atoms with Crippen molar-refractivity contribution < 1.29 is 9.59 Å². The van der Waals surface area contributed by atoms with Crippen molar-refractivity contribution in [3.63, 3.8) is 0 Å². The van der Waals surface area contributed by atoms with Gasteiger partial charge in [0.2, 0.25) is 12.2 Å². The van der Waals surface area contributed by atoms with Crippen molar-refractivity contribution in [3.05, 3.63) is 0 Å². The van der Waals surface area contributed by atoms with Gasteiger partial charge in [-0.3, -0.25) is 0 Å². The van der Waals surface area contributed by atoms with E-state index in [9.17, 15) is 9.59 Å². The maximum Gasteiger partial charge on any atom is 0.237 e. The fraction of sp³-hybridized carbons (Fsp3) is 0.778. The molecule has 1 unspecified atom stereocenters. The first-order valence-corrected chi connectivity index (χ1v) is 4.38. The smallest absolute Gasteiger partial charge is 0.211 e. The molecular weight excluding hydrogens is 168 g/mol. The molecule has 0 bridgehead atoms. The van der Waals surface area contributed by atoms with Crippen molar-refractivity contribution in [1.29, 1.82) is 0 Å². The van der Waals surface area contributed by atoms with Crippen LogP contribution in [0.1, 0.15) is 33.1 Å². The summed E-state index contributed by atoms with van der Waals surface area (Å²) in [7, 11) is 0. The fourth-order valence-corrected chi connectivity index (χ4v) is 1.23. The Kier molecular flexibility index (Phi) is 6.70. The Hall–Kier alpha value is -1.24. The summed E-state index contributed by atoms with van der Waals surface area (Å²) >= 11 is 0. The molecule has 0 aromatic rings. The molecule has 0 saturated carbocycles. The standard InChI is InChI=1S/C9H14N2O2/c1-3-4-8(2)5-9(10-6-12)11-7-13/h8-9H,3-5H2,1-2H3. The van der Waals surface area contributed by atoms with Crippen molar-refractivity contribution in [2.75, 3.05) is 0 Å². The normalized spacial score (nSPS) is 13.7. The molecule has 0 aliphatic heterocycles. The monoisotopic (exact) mass is 182 g/mol. The molecule has 0 N–H and O–H groups in total. The lowest BCUT2D eigenvalue weighted by atomic mass is 10.0. The zero-order chi connectivity index (χ0) is 10.1. The summed E-state index contributed by atoms with van der Waals surface area (Å²) in [6.45, 7) is 4.12. The largest absolute Gasteiger partial charge is 0.237 e. The van der Waals surface area contributed by atoms with Crippen LogP contribution in [0, 0.1) is 5.92 Å². The molecule has 0 saturated heterocycles. The molecule has 0 heterocycles. The third kappa shape index (κ3) is 5.97. The van der Waals surface area contributed by atoms with E-state index in [1.165, 1.54) is 12.2 Å². The topological polar surface area (TPSA) is 58.9 Å². The summed E-state index contributed by atoms with van der Waals surface area (Å²) in [5.74, 6) is 0.407. The first kappa shape index (κ1) is 11.8. The van der Waals surface area contributed by atoms with Gasteiger partial charge < -0.3 is 0 Å². The minimum atomic E-state index is -0.587. The molecule has 0 fully saturated rings. The third-order valence-corrected chi connectivity index (χ3v) is 1.80. The lowest BCUT2D eigenvalue weighted by molar-refractivity contribution is 0.437. The van der Waals surface area contributed by atoms with Gasteiger partial charge in [0.25, 0.3) is 0 Å². The number of nitrogens with zero attached hydrogens (tertiary/aromatic N) is 2. The van der Waals surface area contributed by atoms with Crippen LogP contribution in [0.2, 0.25) is 0 Å². The number of hydrogen-bond acceptors (Lipinski definition) is 4. The Labute approximate surface area is 77.8 Å². The van der Waals surface area contributed by atoms with Gasteiger partial charge in [-0.2, -0.15) is 9.98 Å². The lowest BCUT2D eigenvalue weighted by Gasteiger charge is -2.10. The van der Waals surface area contributed by atoms with Crippen LogP contribution in [0.15, 0.2) is 9.98 Å². The van der Waals surface area contributed by atoms with E-state index in [1.807, 2.05) is 6.92 Å². The first-order valence-electron chi connectivity index (χ1n) is 4.38. The highest BCUT2D eigenvalue weighted by Crippen LogP contribution is 2.14. The summed E-state index contributed by atoms with van der Waals surface area (Å²) in [4.78, 5) is 26.7. The molecule has 4 heteroatoms. The summed E-state index contributed by atoms with van der Waals surface area (Å²) in [6, 6.07) is 0. The molecule has 0 amide bonds. The van der Waals surface area contributed by atoms with Crippen LogP contribution >= 0.6 is 0 Å². The first-order chi connectivity index (χ1) is 6.24. The lowest BCUT2D eigenvalue weighted by Crippen LogP contribution is -2.07. The summed E-state index contributed by atoms with van der Waals surface area (Å²) in [5.41, 5.74) is 0. The Balaban J connectivity index is 4.08. The van der Waals surface area contributed by atoms with E-state index in [1.54, 1.807) is 0 Å². The highest BCUT2D eigenvalue weighted by molar-refractivity contribution is 5.36. The fourth-order valence-electron chi connectivity index (χ4n) is 1.23. The van der Waals surface area contributed by atoms with Crippen molar-refractivity contribution in [2.45, 2.75) is 39.3 Å². The van der Waals surface area contributed by atoms with Crippen molar-refractivity contribution >= 4 is 12.2 Å². The average Bonchev–Trinajstić information content (AvgIpc) is 2.05. The van der Waals surface area contributed by atoms with Crippen LogP contribution in [0.25, 0.3) is 0 Å². The average molecular weight is 182 g/mol. The maximum atomic E-state index is 9.95. The number of rotatable bonds is 6. The molecule has 0 aromatic carbocycles. The second kappa shape index (κ2) is 7.41. The molecular formula is C9H14N2O2. The molecule has 72 valence electrons. The SMILES string of the molecule is CCCC(C)CC(N=C=O)N=C=O. The summed E-state index contributed by atoms with van der Waals surface area (Å²) in [5, 5.41) is 0. The molecule has 1 atom stereocenters. The van der Waals surface area contributed by atoms with Gasteiger partial charge in [0.1, 0.15) is 0 Å². The Morgan fingerprint density at radius 3 is 2.15 bits per heavy atom. The molecule has 4 nitrogen and oxygen atoms in total. The van der Waals surface area contributed by atoms with E-state index in [2.05, 4.69) is 16.9 Å². The Morgan fingerprint density at radius 1 is 1.23 bits per heavy atom. The van der Waals surface area contributed by atoms with Crippen LogP contribution in [-0.2, 0) is 9.59 Å². The summed E-state index contributed by atoms with van der Waals surface area (Å²) < 4.78 is 0. The second-order valence-electron chi connectivity index (χ2n) is 3.05. The number of carbonyl (C=O) groups excluding carboxylic acids is 2. The van der Waals surface area contributed by atoms with Gasteiger partial charge in [0.15, 0.2) is 6.17 Å². The minimum Gasteiger partial charge on any atom is -0.211 e. The molecule has 0 spiro atoms. The minimum absolute atomic E-state index is 0.407. The van der Waals surface area contributed by atoms with E-state index in [0.29, 0.717) is 12.3 Å².